The van der Waals surface area contributed by atoms with Crippen molar-refractivity contribution in [1.29, 1.82) is 0 Å². The predicted molar refractivity (Wildman–Crippen MR) is 308 cm³/mol. The fourth-order valence-electron chi connectivity index (χ4n) is 9.13. The summed E-state index contributed by atoms with van der Waals surface area (Å²) in [6, 6.07) is -5.46. The first-order chi connectivity index (χ1) is 37.0. The van der Waals surface area contributed by atoms with Gasteiger partial charge in [-0.15, -0.1) is 0 Å². The summed E-state index contributed by atoms with van der Waals surface area (Å²) in [4.78, 5) is 152. The predicted octanol–water partition coefficient (Wildman–Crippen LogP) is 2.20. The molecule has 0 saturated carbocycles. The fraction of sp³-hybridized carbons (Fsp3) is 0.807. The van der Waals surface area contributed by atoms with E-state index >= 15 is 0 Å². The minimum Gasteiger partial charge on any atom is -0.356 e. The minimum atomic E-state index is -1.66. The van der Waals surface area contributed by atoms with Gasteiger partial charge in [-0.2, -0.15) is 0 Å². The highest BCUT2D eigenvalue weighted by atomic mass is 16.2. The maximum atomic E-state index is 14.2. The van der Waals surface area contributed by atoms with Crippen LogP contribution in [0.5, 0.6) is 0 Å². The molecule has 1 aliphatic heterocycles. The summed E-state index contributed by atoms with van der Waals surface area (Å²) in [6.07, 6.45) is 5.52. The fourth-order valence-corrected chi connectivity index (χ4v) is 9.13. The number of nitrogens with zero attached hydrogens (tertiary/aromatic N) is 2. The smallest absolute Gasteiger partial charge is 0.246 e. The van der Waals surface area contributed by atoms with Crippen molar-refractivity contribution >= 4 is 65.0 Å². The van der Waals surface area contributed by atoms with Gasteiger partial charge >= 0.3 is 0 Å². The molecule has 11 amide bonds. The maximum absolute atomic E-state index is 14.2. The van der Waals surface area contributed by atoms with Gasteiger partial charge in [0.1, 0.15) is 46.8 Å². The molecule has 0 aliphatic carbocycles. The highest BCUT2D eigenvalue weighted by Gasteiger charge is 2.41. The van der Waals surface area contributed by atoms with Crippen LogP contribution in [-0.4, -0.2) is 168 Å². The van der Waals surface area contributed by atoms with E-state index in [0.717, 1.165) is 12.8 Å². The Morgan fingerprint density at radius 3 is 1.54 bits per heavy atom. The lowest BCUT2D eigenvalue weighted by Gasteiger charge is -2.34. The van der Waals surface area contributed by atoms with Crippen LogP contribution in [0.3, 0.4) is 0 Å². The standard InChI is InChI=1S/C57H104N12O11/c1-18-19-20-26-46(72)69-30-23-25-44(69)51(77)61-40(24-21-22-28-58-39(9)70)47(73)62-42(32-36(4)5)49(75)65-56(12,13)53(79)64-41(31-35(2)3)48(74)63-43(33-37(6)7)50(76)66-57(14,15)54(80)67-55(10,11)52(78)59-29-27-45(71)60-38(8)34-68(16)17/h35-38,40-44H,18-34H2,1-17H3,(H,58,70)(H,59,78)(H,60,71)(H,61,77)(H,62,73)(H,63,74)(H,64,79)(H,65,75)(H,66,76)(H,67,80)/t38-,40-,41-,42-,43-,44-/m0/s1. The Morgan fingerprint density at radius 2 is 1.04 bits per heavy atom. The van der Waals surface area contributed by atoms with Gasteiger partial charge < -0.3 is 63.0 Å². The van der Waals surface area contributed by atoms with Crippen molar-refractivity contribution in [3.63, 3.8) is 0 Å². The molecule has 1 rings (SSSR count). The van der Waals surface area contributed by atoms with Crippen LogP contribution in [0.2, 0.25) is 0 Å². The normalized spacial score (nSPS) is 15.7. The van der Waals surface area contributed by atoms with Crippen molar-refractivity contribution < 1.29 is 52.7 Å². The van der Waals surface area contributed by atoms with Crippen LogP contribution >= 0.6 is 0 Å². The molecule has 6 atom stereocenters. The quantitative estimate of drug-likeness (QED) is 0.0404. The van der Waals surface area contributed by atoms with E-state index in [-0.39, 0.29) is 80.2 Å². The van der Waals surface area contributed by atoms with E-state index in [4.69, 9.17) is 0 Å². The number of rotatable bonds is 36. The number of unbranched alkanes of at least 4 members (excludes halogenated alkanes) is 3. The Bertz CT molecular complexity index is 2090. The van der Waals surface area contributed by atoms with Crippen LogP contribution in [0.15, 0.2) is 0 Å². The summed E-state index contributed by atoms with van der Waals surface area (Å²) in [5.74, 6) is -6.08. The lowest BCUT2D eigenvalue weighted by molar-refractivity contribution is -0.140. The molecule has 458 valence electrons. The van der Waals surface area contributed by atoms with Crippen molar-refractivity contribution in [1.82, 2.24) is 63.0 Å². The van der Waals surface area contributed by atoms with Crippen LogP contribution in [0.25, 0.3) is 0 Å². The van der Waals surface area contributed by atoms with Gasteiger partial charge in [0, 0.05) is 52.0 Å². The van der Waals surface area contributed by atoms with Crippen LogP contribution < -0.4 is 53.2 Å². The molecule has 23 heteroatoms. The van der Waals surface area contributed by atoms with Crippen molar-refractivity contribution in [2.24, 2.45) is 17.8 Å². The highest BCUT2D eigenvalue weighted by Crippen LogP contribution is 2.21. The number of hydrogen-bond donors (Lipinski definition) is 10. The first kappa shape index (κ1) is 72.1. The molecular formula is C57H104N12O11. The van der Waals surface area contributed by atoms with Gasteiger partial charge in [-0.05, 0) is 138 Å². The van der Waals surface area contributed by atoms with E-state index in [0.29, 0.717) is 58.2 Å². The first-order valence-electron chi connectivity index (χ1n) is 29.0. The maximum Gasteiger partial charge on any atom is 0.246 e. The third-order valence-corrected chi connectivity index (χ3v) is 13.5. The molecule has 0 aromatic rings. The van der Waals surface area contributed by atoms with E-state index in [1.807, 2.05) is 74.4 Å². The van der Waals surface area contributed by atoms with Crippen LogP contribution in [0.1, 0.15) is 187 Å². The van der Waals surface area contributed by atoms with Gasteiger partial charge in [-0.3, -0.25) is 52.7 Å². The van der Waals surface area contributed by atoms with Gasteiger partial charge in [0.05, 0.1) is 0 Å². The molecule has 1 aliphatic rings. The zero-order chi connectivity index (χ0) is 61.3. The number of likely N-dealkylation sites (tertiary alicyclic amines) is 1. The second-order valence-corrected chi connectivity index (χ2v) is 24.8. The summed E-state index contributed by atoms with van der Waals surface area (Å²) in [7, 11) is 3.79. The molecule has 1 saturated heterocycles. The average molecular weight is 1130 g/mol. The van der Waals surface area contributed by atoms with Gasteiger partial charge in [-0.1, -0.05) is 61.3 Å². The number of hydrogen-bond acceptors (Lipinski definition) is 12. The third kappa shape index (κ3) is 27.1. The second-order valence-electron chi connectivity index (χ2n) is 24.8. The Balaban J connectivity index is 3.25. The minimum absolute atomic E-state index is 0.0238. The second kappa shape index (κ2) is 34.4. The summed E-state index contributed by atoms with van der Waals surface area (Å²) < 4.78 is 0. The van der Waals surface area contributed by atoms with Crippen molar-refractivity contribution in [2.45, 2.75) is 240 Å². The summed E-state index contributed by atoms with van der Waals surface area (Å²) in [6.45, 7) is 26.7. The lowest BCUT2D eigenvalue weighted by atomic mass is 9.96. The van der Waals surface area contributed by atoms with E-state index in [1.165, 1.54) is 48.5 Å². The van der Waals surface area contributed by atoms with Crippen molar-refractivity contribution in [3.8, 4) is 0 Å². The van der Waals surface area contributed by atoms with E-state index in [1.54, 1.807) is 4.90 Å². The molecule has 10 N–H and O–H groups in total. The SMILES string of the molecule is CCCCCC(=O)N1CCC[C@H]1C(=O)N[C@@H](CCCCNC(C)=O)C(=O)N[C@@H](CC(C)C)C(=O)NC(C)(C)C(=O)N[C@@H](CC(C)C)C(=O)N[C@@H](CC(C)C)C(=O)NC(C)(C)C(=O)NC(C)(C)C(=O)NCCC(=O)N[C@@H](C)CN(C)C. The van der Waals surface area contributed by atoms with Gasteiger partial charge in [-0.25, -0.2) is 0 Å². The zero-order valence-corrected chi connectivity index (χ0v) is 51.6. The largest absolute Gasteiger partial charge is 0.356 e. The number of carbonyl (C=O) groups excluding carboxylic acids is 11. The molecular weight excluding hydrogens is 1030 g/mol. The molecule has 0 aromatic heterocycles. The Labute approximate surface area is 477 Å². The monoisotopic (exact) mass is 1130 g/mol. The molecule has 23 nitrogen and oxygen atoms in total. The summed E-state index contributed by atoms with van der Waals surface area (Å²) in [5, 5.41) is 27.7. The lowest BCUT2D eigenvalue weighted by Crippen LogP contribution is -2.65. The van der Waals surface area contributed by atoms with Crippen LogP contribution in [0, 0.1) is 17.8 Å². The molecule has 1 fully saturated rings. The third-order valence-electron chi connectivity index (χ3n) is 13.5. The Kier molecular flexibility index (Phi) is 31.0. The molecule has 0 spiro atoms. The Morgan fingerprint density at radius 1 is 0.537 bits per heavy atom. The molecule has 0 radical (unpaired) electrons. The summed E-state index contributed by atoms with van der Waals surface area (Å²) in [5.41, 5.74) is -4.70. The number of likely N-dealkylation sites (N-methyl/N-ethyl adjacent to an activating group) is 1. The van der Waals surface area contributed by atoms with Crippen LogP contribution in [0.4, 0.5) is 0 Å². The van der Waals surface area contributed by atoms with Crippen LogP contribution in [-0.2, 0) is 52.7 Å². The van der Waals surface area contributed by atoms with E-state index < -0.39 is 94.1 Å². The van der Waals surface area contributed by atoms with E-state index in [2.05, 4.69) is 53.2 Å². The number of nitrogens with one attached hydrogen (secondary N) is 10. The van der Waals surface area contributed by atoms with E-state index in [9.17, 15) is 52.7 Å². The molecule has 80 heavy (non-hydrogen) atoms. The number of carbonyl (C=O) groups is 11. The zero-order valence-electron chi connectivity index (χ0n) is 51.6. The van der Waals surface area contributed by atoms with Crippen molar-refractivity contribution in [3.05, 3.63) is 0 Å². The molecule has 0 unspecified atom stereocenters. The first-order valence-corrected chi connectivity index (χ1v) is 29.0. The van der Waals surface area contributed by atoms with Gasteiger partial charge in [0.2, 0.25) is 65.0 Å². The van der Waals surface area contributed by atoms with Gasteiger partial charge in [0.15, 0.2) is 0 Å². The molecule has 0 aromatic carbocycles. The average Bonchev–Trinajstić information content (AvgIpc) is 3.82. The molecule has 1 heterocycles. The number of amides is 11. The van der Waals surface area contributed by atoms with Gasteiger partial charge in [0.25, 0.3) is 0 Å². The highest BCUT2D eigenvalue weighted by molar-refractivity contribution is 6.00. The van der Waals surface area contributed by atoms with Crippen molar-refractivity contribution in [2.75, 3.05) is 40.3 Å². The molecule has 0 bridgehead atoms. The summed E-state index contributed by atoms with van der Waals surface area (Å²) >= 11 is 0. The Hall–Kier alpha value is -5.87. The topological polar surface area (TPSA) is 315 Å².